The van der Waals surface area contributed by atoms with Crippen LogP contribution >= 0.6 is 0 Å². The zero-order chi connectivity index (χ0) is 20.4. The molecule has 1 heterocycles. The Morgan fingerprint density at radius 3 is 2.55 bits per heavy atom. The zero-order valence-electron chi connectivity index (χ0n) is 15.9. The fraction of sp³-hybridized carbons (Fsp3) is 0.318. The van der Waals surface area contributed by atoms with Crippen molar-refractivity contribution < 1.29 is 14.7 Å². The van der Waals surface area contributed by atoms with Crippen molar-refractivity contribution in [2.75, 3.05) is 0 Å². The summed E-state index contributed by atoms with van der Waals surface area (Å²) >= 11 is 0. The third-order valence-corrected chi connectivity index (χ3v) is 5.55. The van der Waals surface area contributed by atoms with E-state index in [1.807, 2.05) is 30.3 Å². The molecule has 0 spiro atoms. The lowest BCUT2D eigenvalue weighted by molar-refractivity contribution is -0.139. The maximum Gasteiger partial charge on any atom is 0.326 e. The number of rotatable bonds is 6. The Bertz CT molecular complexity index is 1090. The van der Waals surface area contributed by atoms with Crippen LogP contribution in [-0.4, -0.2) is 32.6 Å². The summed E-state index contributed by atoms with van der Waals surface area (Å²) in [6.07, 6.45) is 4.38. The number of H-pyrrole nitrogens is 1. The number of imidazole rings is 1. The summed E-state index contributed by atoms with van der Waals surface area (Å²) in [6, 6.07) is 13.3. The predicted molar refractivity (Wildman–Crippen MR) is 109 cm³/mol. The number of aliphatic carboxylic acids is 1. The molecule has 0 aliphatic heterocycles. The van der Waals surface area contributed by atoms with Gasteiger partial charge in [0.15, 0.2) is 0 Å². The number of hydrogen-bond acceptors (Lipinski definition) is 3. The number of carboxylic acids is 1. The van der Waals surface area contributed by atoms with E-state index in [0.717, 1.165) is 36.8 Å². The number of amides is 1. The van der Waals surface area contributed by atoms with E-state index in [-0.39, 0.29) is 18.2 Å². The monoisotopic (exact) mass is 393 g/mol. The van der Waals surface area contributed by atoms with Crippen LogP contribution < -0.4 is 11.0 Å². The van der Waals surface area contributed by atoms with E-state index in [1.165, 1.54) is 0 Å². The van der Waals surface area contributed by atoms with Crippen LogP contribution in [0.25, 0.3) is 11.0 Å². The van der Waals surface area contributed by atoms with Gasteiger partial charge in [-0.2, -0.15) is 0 Å². The van der Waals surface area contributed by atoms with E-state index in [4.69, 9.17) is 0 Å². The maximum atomic E-state index is 12.7. The molecule has 0 saturated heterocycles. The Morgan fingerprint density at radius 1 is 1.14 bits per heavy atom. The van der Waals surface area contributed by atoms with Crippen molar-refractivity contribution >= 4 is 22.9 Å². The summed E-state index contributed by atoms with van der Waals surface area (Å²) in [5.41, 5.74) is 2.34. The van der Waals surface area contributed by atoms with Gasteiger partial charge in [0.1, 0.15) is 6.04 Å². The van der Waals surface area contributed by atoms with Gasteiger partial charge >= 0.3 is 11.7 Å². The highest BCUT2D eigenvalue weighted by molar-refractivity contribution is 5.99. The van der Waals surface area contributed by atoms with Crippen molar-refractivity contribution in [3.63, 3.8) is 0 Å². The van der Waals surface area contributed by atoms with Gasteiger partial charge in [-0.05, 0) is 36.6 Å². The predicted octanol–water partition coefficient (Wildman–Crippen LogP) is 2.87. The molecule has 7 heteroatoms. The lowest BCUT2D eigenvalue weighted by Crippen LogP contribution is -2.42. The van der Waals surface area contributed by atoms with Gasteiger partial charge < -0.3 is 15.4 Å². The molecule has 0 unspecified atom stereocenters. The number of fused-ring (bicyclic) bond motifs is 1. The third-order valence-electron chi connectivity index (χ3n) is 5.55. The van der Waals surface area contributed by atoms with Crippen LogP contribution in [0.4, 0.5) is 0 Å². The Labute approximate surface area is 167 Å². The van der Waals surface area contributed by atoms with Gasteiger partial charge in [0.2, 0.25) is 0 Å². The zero-order valence-corrected chi connectivity index (χ0v) is 15.9. The number of aromatic amines is 1. The maximum absolute atomic E-state index is 12.7. The minimum absolute atomic E-state index is 0.169. The van der Waals surface area contributed by atoms with Gasteiger partial charge in [-0.3, -0.25) is 9.36 Å². The first-order valence-electron chi connectivity index (χ1n) is 9.85. The van der Waals surface area contributed by atoms with Gasteiger partial charge in [-0.15, -0.1) is 0 Å². The van der Waals surface area contributed by atoms with Gasteiger partial charge in [0.05, 0.1) is 11.0 Å². The van der Waals surface area contributed by atoms with E-state index in [1.54, 1.807) is 22.8 Å². The molecule has 1 amide bonds. The molecule has 3 N–H and O–H groups in total. The molecule has 29 heavy (non-hydrogen) atoms. The molecule has 150 valence electrons. The number of carbonyl (C=O) groups excluding carboxylic acids is 1. The standard InChI is InChI=1S/C22H23N3O4/c26-20(23-18(21(27)28)12-14-6-2-1-3-7-14)15-10-11-19-17(13-15)24-22(29)25(19)16-8-4-5-9-16/h1-3,6-7,10-11,13,16,18H,4-5,8-9,12H2,(H,23,26)(H,24,29)(H,27,28)/t18-/m1/s1. The van der Waals surface area contributed by atoms with Crippen LogP contribution in [0.15, 0.2) is 53.3 Å². The van der Waals surface area contributed by atoms with E-state index >= 15 is 0 Å². The molecule has 1 fully saturated rings. The van der Waals surface area contributed by atoms with E-state index in [2.05, 4.69) is 10.3 Å². The Kier molecular flexibility index (Phi) is 5.20. The van der Waals surface area contributed by atoms with Gasteiger partial charge in [-0.25, -0.2) is 9.59 Å². The van der Waals surface area contributed by atoms with Crippen molar-refractivity contribution in [2.24, 2.45) is 0 Å². The summed E-state index contributed by atoms with van der Waals surface area (Å²) < 4.78 is 1.78. The van der Waals surface area contributed by atoms with Crippen molar-refractivity contribution in [1.29, 1.82) is 0 Å². The number of benzene rings is 2. The van der Waals surface area contributed by atoms with E-state index in [0.29, 0.717) is 11.1 Å². The molecule has 1 aliphatic rings. The Hall–Kier alpha value is -3.35. The largest absolute Gasteiger partial charge is 0.480 e. The summed E-state index contributed by atoms with van der Waals surface area (Å²) in [5.74, 6) is -1.58. The molecule has 4 rings (SSSR count). The first kappa shape index (κ1) is 19.0. The van der Waals surface area contributed by atoms with Gasteiger partial charge in [0, 0.05) is 18.0 Å². The number of carboxylic acid groups (broad SMARTS) is 1. The molecule has 7 nitrogen and oxygen atoms in total. The van der Waals surface area contributed by atoms with Gasteiger partial charge in [0.25, 0.3) is 5.91 Å². The molecule has 2 aromatic carbocycles. The third kappa shape index (κ3) is 3.94. The van der Waals surface area contributed by atoms with Crippen LogP contribution in [0.2, 0.25) is 0 Å². The fourth-order valence-electron chi connectivity index (χ4n) is 4.09. The number of aromatic nitrogens is 2. The second kappa shape index (κ2) is 7.95. The molecular formula is C22H23N3O4. The first-order valence-corrected chi connectivity index (χ1v) is 9.85. The lowest BCUT2D eigenvalue weighted by Gasteiger charge is -2.15. The summed E-state index contributed by atoms with van der Waals surface area (Å²) in [7, 11) is 0. The van der Waals surface area contributed by atoms with E-state index < -0.39 is 17.9 Å². The van der Waals surface area contributed by atoms with E-state index in [9.17, 15) is 19.5 Å². The quantitative estimate of drug-likeness (QED) is 0.599. The average Bonchev–Trinajstić information content (AvgIpc) is 3.34. The van der Waals surface area contributed by atoms with Crippen LogP contribution in [-0.2, 0) is 11.2 Å². The lowest BCUT2D eigenvalue weighted by atomic mass is 10.1. The molecule has 3 aromatic rings. The molecule has 1 saturated carbocycles. The second-order valence-corrected chi connectivity index (χ2v) is 7.52. The highest BCUT2D eigenvalue weighted by Gasteiger charge is 2.23. The number of nitrogens with zero attached hydrogens (tertiary/aromatic N) is 1. The molecule has 0 bridgehead atoms. The normalized spacial score (nSPS) is 15.4. The number of nitrogens with one attached hydrogen (secondary N) is 2. The van der Waals surface area contributed by atoms with Crippen LogP contribution in [0.1, 0.15) is 47.6 Å². The Balaban J connectivity index is 1.56. The molecular weight excluding hydrogens is 370 g/mol. The number of hydrogen-bond donors (Lipinski definition) is 3. The summed E-state index contributed by atoms with van der Waals surface area (Å²) in [4.78, 5) is 39.5. The second-order valence-electron chi connectivity index (χ2n) is 7.52. The van der Waals surface area contributed by atoms with Crippen molar-refractivity contribution in [1.82, 2.24) is 14.9 Å². The summed E-state index contributed by atoms with van der Waals surface area (Å²) in [6.45, 7) is 0. The van der Waals surface area contributed by atoms with Crippen LogP contribution in [0, 0.1) is 0 Å². The van der Waals surface area contributed by atoms with Crippen molar-refractivity contribution in [2.45, 2.75) is 44.2 Å². The minimum Gasteiger partial charge on any atom is -0.480 e. The SMILES string of the molecule is O=C(N[C@H](Cc1ccccc1)C(=O)O)c1ccc2c(c1)[nH]c(=O)n2C1CCCC1. The molecule has 1 aliphatic carbocycles. The smallest absolute Gasteiger partial charge is 0.326 e. The molecule has 1 atom stereocenters. The number of carbonyl (C=O) groups is 2. The molecule has 1 aromatic heterocycles. The van der Waals surface area contributed by atoms with Crippen molar-refractivity contribution in [3.05, 3.63) is 70.1 Å². The molecule has 0 radical (unpaired) electrons. The van der Waals surface area contributed by atoms with Crippen molar-refractivity contribution in [3.8, 4) is 0 Å². The van der Waals surface area contributed by atoms with Gasteiger partial charge in [-0.1, -0.05) is 43.2 Å². The Morgan fingerprint density at radius 2 is 1.86 bits per heavy atom. The highest BCUT2D eigenvalue weighted by atomic mass is 16.4. The summed E-state index contributed by atoms with van der Waals surface area (Å²) in [5, 5.41) is 12.1. The highest BCUT2D eigenvalue weighted by Crippen LogP contribution is 2.30. The van der Waals surface area contributed by atoms with Crippen LogP contribution in [0.5, 0.6) is 0 Å². The minimum atomic E-state index is -1.09. The first-order chi connectivity index (χ1) is 14.0. The average molecular weight is 393 g/mol. The topological polar surface area (TPSA) is 104 Å². The van der Waals surface area contributed by atoms with Crippen LogP contribution in [0.3, 0.4) is 0 Å². The fourth-order valence-corrected chi connectivity index (χ4v) is 4.09.